The number of nitrogens with one attached hydrogen (secondary N) is 2. The molecule has 1 heterocycles. The molecule has 1 aromatic carbocycles. The van der Waals surface area contributed by atoms with Gasteiger partial charge in [0, 0.05) is 26.1 Å². The third-order valence-corrected chi connectivity index (χ3v) is 7.56. The highest BCUT2D eigenvalue weighted by Crippen LogP contribution is 2.38. The van der Waals surface area contributed by atoms with E-state index < -0.39 is 36.0 Å². The van der Waals surface area contributed by atoms with Gasteiger partial charge in [0.15, 0.2) is 0 Å². The van der Waals surface area contributed by atoms with Crippen molar-refractivity contribution in [1.82, 2.24) is 15.5 Å². The van der Waals surface area contributed by atoms with E-state index in [9.17, 15) is 19.5 Å². The number of nitrogens with two attached hydrogens (primary N) is 1. The van der Waals surface area contributed by atoms with Gasteiger partial charge < -0.3 is 26.4 Å². The van der Waals surface area contributed by atoms with Crippen LogP contribution in [0.15, 0.2) is 24.3 Å². The third-order valence-electron chi connectivity index (χ3n) is 7.56. The van der Waals surface area contributed by atoms with E-state index in [1.54, 1.807) is 4.90 Å². The van der Waals surface area contributed by atoms with E-state index in [2.05, 4.69) is 10.6 Å². The van der Waals surface area contributed by atoms with Crippen LogP contribution >= 0.6 is 0 Å². The number of hydrogen-bond acceptors (Lipinski definition) is 5. The molecule has 2 unspecified atom stereocenters. The molecule has 2 aliphatic rings. The molecule has 1 aliphatic heterocycles. The summed E-state index contributed by atoms with van der Waals surface area (Å²) in [6.45, 7) is 7.96. The van der Waals surface area contributed by atoms with E-state index >= 15 is 0 Å². The van der Waals surface area contributed by atoms with E-state index in [0.29, 0.717) is 18.9 Å². The molecule has 3 rings (SSSR count). The number of hydrogen-bond donors (Lipinski definition) is 4. The predicted octanol–water partition coefficient (Wildman–Crippen LogP) is 2.82. The number of likely N-dealkylation sites (tertiary alicyclic amines) is 1. The number of benzene rings is 1. The number of nitrogens with zero attached hydrogens (tertiary/aromatic N) is 1. The molecule has 8 nitrogen and oxygen atoms in total. The minimum Gasteiger partial charge on any atom is -0.391 e. The van der Waals surface area contributed by atoms with Crippen molar-refractivity contribution in [3.8, 4) is 0 Å². The maximum absolute atomic E-state index is 13.4. The topological polar surface area (TPSA) is 125 Å². The number of aryl methyl sites for hydroxylation is 1. The van der Waals surface area contributed by atoms with Crippen LogP contribution < -0.4 is 16.4 Å². The molecule has 0 aromatic heterocycles. The molecule has 1 aromatic rings. The first kappa shape index (κ1) is 29.8. The second-order valence-electron chi connectivity index (χ2n) is 9.96. The number of carbonyl (C=O) groups is 3. The van der Waals surface area contributed by atoms with Gasteiger partial charge in [-0.15, -0.1) is 0 Å². The predicted molar refractivity (Wildman–Crippen MR) is 142 cm³/mol. The van der Waals surface area contributed by atoms with Crippen LogP contribution in [0.3, 0.4) is 0 Å². The van der Waals surface area contributed by atoms with E-state index in [0.717, 1.165) is 24.0 Å². The number of carbonyl (C=O) groups excluding carboxylic acids is 3. The van der Waals surface area contributed by atoms with Gasteiger partial charge >= 0.3 is 0 Å². The Morgan fingerprint density at radius 1 is 1.11 bits per heavy atom. The zero-order valence-corrected chi connectivity index (χ0v) is 22.6. The molecular weight excluding hydrogens is 456 g/mol. The van der Waals surface area contributed by atoms with Gasteiger partial charge in [0.25, 0.3) is 0 Å². The highest BCUT2D eigenvalue weighted by Gasteiger charge is 2.43. The van der Waals surface area contributed by atoms with Crippen molar-refractivity contribution in [2.45, 2.75) is 96.9 Å². The van der Waals surface area contributed by atoms with Gasteiger partial charge in [-0.3, -0.25) is 14.4 Å². The Morgan fingerprint density at radius 3 is 2.33 bits per heavy atom. The average molecular weight is 503 g/mol. The fourth-order valence-electron chi connectivity index (χ4n) is 5.57. The number of rotatable bonds is 8. The molecule has 3 amide bonds. The maximum Gasteiger partial charge on any atom is 0.245 e. The zero-order valence-electron chi connectivity index (χ0n) is 22.6. The molecule has 5 atom stereocenters. The molecule has 0 bridgehead atoms. The summed E-state index contributed by atoms with van der Waals surface area (Å²) in [6, 6.07) is 5.55. The first-order valence-corrected chi connectivity index (χ1v) is 13.5. The Labute approximate surface area is 216 Å². The van der Waals surface area contributed by atoms with Gasteiger partial charge in [0.1, 0.15) is 12.1 Å². The second-order valence-corrected chi connectivity index (χ2v) is 9.96. The Kier molecular flexibility index (Phi) is 11.9. The van der Waals surface area contributed by atoms with E-state index in [1.165, 1.54) is 33.2 Å². The summed E-state index contributed by atoms with van der Waals surface area (Å²) in [6.07, 6.45) is 5.48. The molecule has 1 aliphatic carbocycles. The third kappa shape index (κ3) is 7.53. The number of aliphatic hydroxyl groups excluding tert-OH is 1. The van der Waals surface area contributed by atoms with E-state index in [4.69, 9.17) is 5.73 Å². The Morgan fingerprint density at radius 2 is 1.75 bits per heavy atom. The molecule has 202 valence electrons. The summed E-state index contributed by atoms with van der Waals surface area (Å²) >= 11 is 0. The van der Waals surface area contributed by atoms with Crippen LogP contribution in [-0.2, 0) is 14.4 Å². The van der Waals surface area contributed by atoms with Crippen molar-refractivity contribution in [2.75, 3.05) is 13.6 Å². The van der Waals surface area contributed by atoms with Gasteiger partial charge in [-0.25, -0.2) is 0 Å². The monoisotopic (exact) mass is 502 g/mol. The number of aliphatic hydroxyl groups is 1. The zero-order chi connectivity index (χ0) is 26.8. The van der Waals surface area contributed by atoms with Crippen LogP contribution in [0, 0.1) is 18.8 Å². The normalized spacial score (nSPS) is 22.6. The molecule has 1 saturated heterocycles. The first-order chi connectivity index (χ1) is 17.2. The average Bonchev–Trinajstić information content (AvgIpc) is 3.34. The van der Waals surface area contributed by atoms with Crippen molar-refractivity contribution in [3.63, 3.8) is 0 Å². The largest absolute Gasteiger partial charge is 0.391 e. The van der Waals surface area contributed by atoms with Crippen LogP contribution in [0.5, 0.6) is 0 Å². The summed E-state index contributed by atoms with van der Waals surface area (Å²) in [5.74, 6) is -0.268. The van der Waals surface area contributed by atoms with E-state index in [1.807, 2.05) is 45.0 Å². The van der Waals surface area contributed by atoms with Crippen molar-refractivity contribution in [1.29, 1.82) is 0 Å². The Balaban J connectivity index is 0.00000222. The highest BCUT2D eigenvalue weighted by molar-refractivity contribution is 5.92. The molecule has 0 radical (unpaired) electrons. The lowest BCUT2D eigenvalue weighted by molar-refractivity contribution is -0.140. The van der Waals surface area contributed by atoms with Gasteiger partial charge in [-0.1, -0.05) is 70.2 Å². The number of amides is 3. The quantitative estimate of drug-likeness (QED) is 0.435. The smallest absolute Gasteiger partial charge is 0.245 e. The second kappa shape index (κ2) is 14.3. The van der Waals surface area contributed by atoms with Crippen LogP contribution in [-0.4, -0.2) is 59.5 Å². The van der Waals surface area contributed by atoms with Crippen LogP contribution in [0.1, 0.15) is 82.9 Å². The molecule has 2 fully saturated rings. The maximum atomic E-state index is 13.4. The minimum atomic E-state index is -1.07. The Bertz CT molecular complexity index is 869. The lowest BCUT2D eigenvalue weighted by Gasteiger charge is -2.28. The van der Waals surface area contributed by atoms with Gasteiger partial charge in [0.2, 0.25) is 17.7 Å². The summed E-state index contributed by atoms with van der Waals surface area (Å²) < 4.78 is 0. The molecule has 1 saturated carbocycles. The first-order valence-electron chi connectivity index (χ1n) is 13.5. The fraction of sp³-hybridized carbons (Fsp3) is 0.679. The van der Waals surface area contributed by atoms with Crippen LogP contribution in [0.4, 0.5) is 0 Å². The molecule has 8 heteroatoms. The van der Waals surface area contributed by atoms with Crippen LogP contribution in [0.25, 0.3) is 0 Å². The highest BCUT2D eigenvalue weighted by atomic mass is 16.3. The van der Waals surface area contributed by atoms with Crippen molar-refractivity contribution >= 4 is 17.7 Å². The van der Waals surface area contributed by atoms with Crippen LogP contribution in [0.2, 0.25) is 0 Å². The van der Waals surface area contributed by atoms with Crippen molar-refractivity contribution in [3.05, 3.63) is 35.4 Å². The lowest BCUT2D eigenvalue weighted by Crippen LogP contribution is -2.56. The van der Waals surface area contributed by atoms with Gasteiger partial charge in [-0.2, -0.15) is 0 Å². The van der Waals surface area contributed by atoms with Crippen molar-refractivity contribution in [2.24, 2.45) is 17.6 Å². The summed E-state index contributed by atoms with van der Waals surface area (Å²) in [7, 11) is 1.46. The summed E-state index contributed by atoms with van der Waals surface area (Å²) in [4.78, 5) is 40.6. The fourth-order valence-corrected chi connectivity index (χ4v) is 5.57. The lowest BCUT2D eigenvalue weighted by atomic mass is 9.79. The Hall–Kier alpha value is -2.45. The summed E-state index contributed by atoms with van der Waals surface area (Å²) in [5, 5.41) is 15.2. The standard InChI is InChI=1S/C26H40N4O4.C2H6/c1-16-9-7-8-12-20(16)21(27)14-23(32)30-15-19(18-10-5-4-6-11-18)13-22(30)25(33)29-24(17(2)31)26(34)28-3;1-2/h7-9,12,17-19,21-22,24,31H,4-6,10-11,13-15,27H2,1-3H3,(H,28,34)(H,29,33);1-2H3/t17?,19?,21-,22-,24-;/m0./s1. The van der Waals surface area contributed by atoms with Gasteiger partial charge in [0.05, 0.1) is 6.10 Å². The van der Waals surface area contributed by atoms with E-state index in [-0.39, 0.29) is 18.2 Å². The van der Waals surface area contributed by atoms with Crippen molar-refractivity contribution < 1.29 is 19.5 Å². The minimum absolute atomic E-state index is 0.112. The molecule has 0 spiro atoms. The number of likely N-dealkylation sites (N-methyl/N-ethyl adjacent to an activating group) is 1. The molecular formula is C28H46N4O4. The van der Waals surface area contributed by atoms with Gasteiger partial charge in [-0.05, 0) is 43.2 Å². The SMILES string of the molecule is CC.CNC(=O)[C@@H](NC(=O)[C@@H]1CC(C2CCCCC2)CN1C(=O)C[C@H](N)c1ccccc1C)C(C)O. The molecule has 36 heavy (non-hydrogen) atoms. The summed E-state index contributed by atoms with van der Waals surface area (Å²) in [5.41, 5.74) is 8.36. The molecule has 5 N–H and O–H groups in total.